The molecule has 72 heavy (non-hydrogen) atoms. The minimum atomic E-state index is -4.70. The van der Waals surface area contributed by atoms with Crippen molar-refractivity contribution in [2.24, 2.45) is 0 Å². The number of aromatic nitrogens is 4. The molecule has 8 aromatic rings. The number of methoxy groups -OCH3 is 1. The summed E-state index contributed by atoms with van der Waals surface area (Å²) in [6.45, 7) is -0.157. The van der Waals surface area contributed by atoms with Crippen LogP contribution in [0.5, 0.6) is 34.8 Å². The molecule has 25 heteroatoms. The molecule has 4 amide bonds. The largest absolute Gasteiger partial charge is 0.480 e. The zero-order valence-electron chi connectivity index (χ0n) is 36.4. The first kappa shape index (κ1) is 51.6. The van der Waals surface area contributed by atoms with E-state index in [4.69, 9.17) is 47.3 Å². The lowest BCUT2D eigenvalue weighted by Crippen LogP contribution is -2.20. The van der Waals surface area contributed by atoms with Crippen molar-refractivity contribution in [1.29, 1.82) is 0 Å². The molecule has 0 saturated carbocycles. The molecule has 0 atom stereocenters. The van der Waals surface area contributed by atoms with E-state index in [1.165, 1.54) is 74.1 Å². The van der Waals surface area contributed by atoms with E-state index in [0.29, 0.717) is 40.1 Å². The van der Waals surface area contributed by atoms with Gasteiger partial charge in [0.25, 0.3) is 0 Å². The number of benzene rings is 6. The predicted octanol–water partition coefficient (Wildman–Crippen LogP) is 13.1. The van der Waals surface area contributed by atoms with Crippen molar-refractivity contribution in [2.75, 3.05) is 41.6 Å². The van der Waals surface area contributed by atoms with E-state index in [2.05, 4.69) is 41.2 Å². The molecule has 0 aliphatic carbocycles. The zero-order chi connectivity index (χ0) is 51.7. The SMILES string of the molecule is COc1cnc2ccc(Oc3cc(NC(=O)Nc4ccc(Cl)c(C(F)(F)F)c4)ccc3F)cc2n1.O=C(Nc1ccc(F)c(Oc2ccc3ncc(OCCO)nc3c2)c1)Nc1ccc(Cl)c(C(F)(F)F)c1. The summed E-state index contributed by atoms with van der Waals surface area (Å²) in [7, 11) is 1.45. The molecular formula is C47H32Cl2F8N8O7. The maximum atomic E-state index is 14.4. The highest BCUT2D eigenvalue weighted by Gasteiger charge is 2.34. The summed E-state index contributed by atoms with van der Waals surface area (Å²) in [5.74, 6) is -0.937. The molecule has 2 heterocycles. The van der Waals surface area contributed by atoms with Gasteiger partial charge in [-0.15, -0.1) is 0 Å². The Morgan fingerprint density at radius 3 is 1.38 bits per heavy atom. The van der Waals surface area contributed by atoms with Crippen molar-refractivity contribution in [3.05, 3.63) is 154 Å². The number of halogens is 10. The second-order valence-corrected chi connectivity index (χ2v) is 15.3. The lowest BCUT2D eigenvalue weighted by molar-refractivity contribution is -0.138. The quantitative estimate of drug-likeness (QED) is 0.0732. The molecule has 0 fully saturated rings. The predicted molar refractivity (Wildman–Crippen MR) is 249 cm³/mol. The fourth-order valence-electron chi connectivity index (χ4n) is 6.19. The van der Waals surface area contributed by atoms with Crippen molar-refractivity contribution < 1.29 is 68.8 Å². The molecule has 0 unspecified atom stereocenters. The van der Waals surface area contributed by atoms with E-state index in [1.807, 2.05) is 0 Å². The number of aliphatic hydroxyl groups is 1. The van der Waals surface area contributed by atoms with E-state index in [-0.39, 0.29) is 64.8 Å². The van der Waals surface area contributed by atoms with Gasteiger partial charge in [-0.25, -0.2) is 38.3 Å². The van der Waals surface area contributed by atoms with Crippen LogP contribution in [0.1, 0.15) is 11.1 Å². The van der Waals surface area contributed by atoms with Crippen molar-refractivity contribution in [2.45, 2.75) is 12.4 Å². The molecule has 6 aromatic carbocycles. The number of hydrogen-bond acceptors (Lipinski definition) is 11. The van der Waals surface area contributed by atoms with E-state index < -0.39 is 57.2 Å². The number of anilines is 4. The zero-order valence-corrected chi connectivity index (χ0v) is 37.9. The Labute approximate surface area is 410 Å². The number of fused-ring (bicyclic) bond motifs is 2. The molecule has 0 aliphatic heterocycles. The molecule has 0 spiro atoms. The third kappa shape index (κ3) is 13.5. The van der Waals surface area contributed by atoms with Gasteiger partial charge in [0.1, 0.15) is 18.1 Å². The van der Waals surface area contributed by atoms with Crippen LogP contribution in [0.3, 0.4) is 0 Å². The van der Waals surface area contributed by atoms with Crippen LogP contribution in [0, 0.1) is 11.6 Å². The van der Waals surface area contributed by atoms with Crippen LogP contribution in [0.15, 0.2) is 122 Å². The molecule has 8 rings (SSSR count). The van der Waals surface area contributed by atoms with E-state index in [0.717, 1.165) is 24.3 Å². The maximum Gasteiger partial charge on any atom is 0.417 e. The lowest BCUT2D eigenvalue weighted by atomic mass is 10.2. The molecule has 372 valence electrons. The van der Waals surface area contributed by atoms with Crippen LogP contribution in [-0.4, -0.2) is 57.4 Å². The lowest BCUT2D eigenvalue weighted by Gasteiger charge is -2.13. The highest BCUT2D eigenvalue weighted by Crippen LogP contribution is 2.38. The van der Waals surface area contributed by atoms with Gasteiger partial charge < -0.3 is 45.3 Å². The Morgan fingerprint density at radius 1 is 0.556 bits per heavy atom. The number of rotatable bonds is 12. The molecule has 0 saturated heterocycles. The topological polar surface area (TPSA) is 191 Å². The van der Waals surface area contributed by atoms with Crippen LogP contribution in [-0.2, 0) is 12.4 Å². The molecule has 2 aromatic heterocycles. The van der Waals surface area contributed by atoms with Gasteiger partial charge in [-0.3, -0.25) is 0 Å². The Balaban J connectivity index is 0.000000212. The molecule has 0 aliphatic rings. The fourth-order valence-corrected chi connectivity index (χ4v) is 6.64. The highest BCUT2D eigenvalue weighted by atomic mass is 35.5. The van der Waals surface area contributed by atoms with Crippen LogP contribution in [0.2, 0.25) is 10.0 Å². The maximum absolute atomic E-state index is 14.4. The molecule has 15 nitrogen and oxygen atoms in total. The van der Waals surface area contributed by atoms with Gasteiger partial charge in [-0.1, -0.05) is 23.2 Å². The van der Waals surface area contributed by atoms with Gasteiger partial charge in [-0.2, -0.15) is 26.3 Å². The molecule has 0 bridgehead atoms. The second-order valence-electron chi connectivity index (χ2n) is 14.5. The summed E-state index contributed by atoms with van der Waals surface area (Å²) in [4.78, 5) is 41.5. The molecule has 0 radical (unpaired) electrons. The van der Waals surface area contributed by atoms with Gasteiger partial charge in [0, 0.05) is 47.0 Å². The van der Waals surface area contributed by atoms with Gasteiger partial charge in [-0.05, 0) is 84.9 Å². The van der Waals surface area contributed by atoms with Crippen LogP contribution in [0.25, 0.3) is 22.1 Å². The van der Waals surface area contributed by atoms with Gasteiger partial charge in [0.05, 0.1) is 69.3 Å². The van der Waals surface area contributed by atoms with Crippen LogP contribution < -0.4 is 40.2 Å². The number of amides is 4. The van der Waals surface area contributed by atoms with Crippen molar-refractivity contribution in [3.8, 4) is 34.8 Å². The summed E-state index contributed by atoms with van der Waals surface area (Å²) in [6, 6.07) is 20.6. The van der Waals surface area contributed by atoms with Crippen molar-refractivity contribution in [3.63, 3.8) is 0 Å². The Hall–Kier alpha value is -8.28. The molecule has 5 N–H and O–H groups in total. The Kier molecular flexibility index (Phi) is 15.9. The fraction of sp³-hybridized carbons (Fsp3) is 0.106. The third-order valence-electron chi connectivity index (χ3n) is 9.43. The number of aliphatic hydroxyl groups excluding tert-OH is 1. The van der Waals surface area contributed by atoms with Crippen molar-refractivity contribution in [1.82, 2.24) is 19.9 Å². The number of nitrogens with one attached hydrogen (secondary N) is 4. The summed E-state index contributed by atoms with van der Waals surface area (Å²) in [5.41, 5.74) is -0.291. The van der Waals surface area contributed by atoms with E-state index >= 15 is 0 Å². The van der Waals surface area contributed by atoms with Gasteiger partial charge >= 0.3 is 24.4 Å². The third-order valence-corrected chi connectivity index (χ3v) is 10.1. The highest BCUT2D eigenvalue weighted by molar-refractivity contribution is 6.32. The monoisotopic (exact) mass is 1040 g/mol. The van der Waals surface area contributed by atoms with Crippen LogP contribution in [0.4, 0.5) is 67.5 Å². The number of ether oxygens (including phenoxy) is 4. The first-order valence-electron chi connectivity index (χ1n) is 20.4. The normalized spacial score (nSPS) is 11.3. The van der Waals surface area contributed by atoms with Gasteiger partial charge in [0.2, 0.25) is 11.8 Å². The van der Waals surface area contributed by atoms with Crippen molar-refractivity contribution >= 4 is 80.1 Å². The van der Waals surface area contributed by atoms with Crippen LogP contribution >= 0.6 is 23.2 Å². The summed E-state index contributed by atoms with van der Waals surface area (Å²) < 4.78 is 128. The minimum Gasteiger partial charge on any atom is -0.480 e. The Bertz CT molecular complexity index is 3300. The number of urea groups is 2. The number of carbonyl (C=O) groups is 2. The summed E-state index contributed by atoms with van der Waals surface area (Å²) in [5, 5.41) is 17.2. The second kappa shape index (κ2) is 22.2. The summed E-state index contributed by atoms with van der Waals surface area (Å²) in [6.07, 6.45) is -6.53. The number of alkyl halides is 6. The minimum absolute atomic E-state index is 0.0382. The standard InChI is InChI=1S/C24H17ClF4N4O4.C23H15ClF4N4O3/c25-17-4-1-13(9-16(17)24(27,28)29)31-23(35)32-14-2-5-18(26)21(10-14)37-15-3-6-19-20(11-15)33-22(12-30-19)36-8-7-34;1-34-21-11-29-18-7-4-14(10-19(18)32-21)35-20-9-13(3-6-17(20)25)31-22(33)30-12-2-5-16(24)15(8-12)23(26,27)28/h1-6,9-12,34H,7-8H2,(H2,31,32,35);2-11H,1H3,(H2,30,31,33). The van der Waals surface area contributed by atoms with E-state index in [1.54, 1.807) is 18.2 Å². The number of nitrogens with zero attached hydrogens (tertiary/aromatic N) is 4. The average molecular weight is 1040 g/mol. The first-order chi connectivity index (χ1) is 34.2. The molecular weight excluding hydrogens is 1010 g/mol. The van der Waals surface area contributed by atoms with E-state index in [9.17, 15) is 44.7 Å². The Morgan fingerprint density at radius 2 is 0.958 bits per heavy atom. The first-order valence-corrected chi connectivity index (χ1v) is 21.2. The number of carbonyl (C=O) groups excluding carboxylic acids is 2. The number of hydrogen-bond donors (Lipinski definition) is 5. The average Bonchev–Trinajstić information content (AvgIpc) is 3.33. The smallest absolute Gasteiger partial charge is 0.417 e. The summed E-state index contributed by atoms with van der Waals surface area (Å²) >= 11 is 11.2. The van der Waals surface area contributed by atoms with Gasteiger partial charge in [0.15, 0.2) is 23.1 Å².